The SMILES string of the molecule is C1=Cc2sc3c(-c4ccc5ccccc5c4)nc(-c4cccc5oc6c(-n7c8ccc9ccccc9c8c8c9ccccc9c(-c9ccccc9)cc87)cccc6c45)nc3c2CC1. The predicted octanol–water partition coefficient (Wildman–Crippen LogP) is 16.1. The van der Waals surface area contributed by atoms with E-state index in [1.54, 1.807) is 0 Å². The van der Waals surface area contributed by atoms with Gasteiger partial charge in [0.1, 0.15) is 5.58 Å². The van der Waals surface area contributed by atoms with E-state index in [-0.39, 0.29) is 0 Å². The fourth-order valence-electron chi connectivity index (χ4n) is 10.4. The van der Waals surface area contributed by atoms with Crippen LogP contribution in [-0.4, -0.2) is 14.5 Å². The standard InChI is InChI=1S/C58H35N3OS/c1-2-15-35(16-3-1)45-33-48-53(41-21-9-8-20-40(41)45)52-39-19-7-6-17-36(39)30-31-46(52)61(48)47-25-12-23-43-51-44(24-13-26-49(51)62-56(43)47)58-59-54(38-29-28-34-14-4-5-18-37(34)32-38)57-55(60-58)42-22-10-11-27-50(42)63-57/h1-9,11-21,23-33H,10,22H2. The highest BCUT2D eigenvalue weighted by molar-refractivity contribution is 7.20. The minimum Gasteiger partial charge on any atom is -0.454 e. The molecule has 0 bridgehead atoms. The van der Waals surface area contributed by atoms with Crippen molar-refractivity contribution in [3.63, 3.8) is 0 Å². The fourth-order valence-corrected chi connectivity index (χ4v) is 11.7. The Kier molecular flexibility index (Phi) is 7.36. The van der Waals surface area contributed by atoms with E-state index in [1.165, 1.54) is 64.7 Å². The number of hydrogen-bond donors (Lipinski definition) is 0. The molecule has 4 aromatic heterocycles. The van der Waals surface area contributed by atoms with Gasteiger partial charge in [-0.25, -0.2) is 9.97 Å². The van der Waals surface area contributed by atoms with Gasteiger partial charge in [0.05, 0.1) is 32.6 Å². The predicted molar refractivity (Wildman–Crippen MR) is 265 cm³/mol. The molecule has 0 unspecified atom stereocenters. The first kappa shape index (κ1) is 34.8. The Morgan fingerprint density at radius 2 is 1.27 bits per heavy atom. The van der Waals surface area contributed by atoms with Crippen molar-refractivity contribution in [1.29, 1.82) is 0 Å². The van der Waals surface area contributed by atoms with Crippen LogP contribution >= 0.6 is 11.3 Å². The summed E-state index contributed by atoms with van der Waals surface area (Å²) in [6.07, 6.45) is 6.53. The van der Waals surface area contributed by atoms with Crippen LogP contribution in [0.5, 0.6) is 0 Å². The van der Waals surface area contributed by atoms with E-state index in [9.17, 15) is 0 Å². The van der Waals surface area contributed by atoms with E-state index in [2.05, 4.69) is 193 Å². The molecular formula is C58H35N3OS. The zero-order valence-corrected chi connectivity index (χ0v) is 34.8. The van der Waals surface area contributed by atoms with E-state index in [1.807, 2.05) is 11.3 Å². The summed E-state index contributed by atoms with van der Waals surface area (Å²) in [4.78, 5) is 12.3. The molecule has 0 radical (unpaired) electrons. The van der Waals surface area contributed by atoms with E-state index in [4.69, 9.17) is 14.4 Å². The van der Waals surface area contributed by atoms with Crippen molar-refractivity contribution in [1.82, 2.24) is 14.5 Å². The zero-order valence-electron chi connectivity index (χ0n) is 34.0. The van der Waals surface area contributed by atoms with Crippen LogP contribution in [0, 0.1) is 0 Å². The molecule has 5 heteroatoms. The van der Waals surface area contributed by atoms with Crippen molar-refractivity contribution in [2.24, 2.45) is 0 Å². The Hall–Kier alpha value is -7.86. The van der Waals surface area contributed by atoms with Gasteiger partial charge in [-0.2, -0.15) is 0 Å². The largest absolute Gasteiger partial charge is 0.454 e. The number of aromatic nitrogens is 3. The topological polar surface area (TPSA) is 43.9 Å². The number of allylic oxidation sites excluding steroid dienone is 1. The van der Waals surface area contributed by atoms with Crippen LogP contribution in [0.2, 0.25) is 0 Å². The van der Waals surface area contributed by atoms with E-state index >= 15 is 0 Å². The third-order valence-corrected chi connectivity index (χ3v) is 14.4. The van der Waals surface area contributed by atoms with Crippen molar-refractivity contribution in [2.45, 2.75) is 12.8 Å². The molecule has 0 spiro atoms. The van der Waals surface area contributed by atoms with Crippen LogP contribution in [0.25, 0.3) is 132 Å². The molecule has 13 aromatic rings. The van der Waals surface area contributed by atoms with Crippen LogP contribution < -0.4 is 0 Å². The lowest BCUT2D eigenvalue weighted by Crippen LogP contribution is -1.97. The number of hydrogen-bond acceptors (Lipinski definition) is 4. The van der Waals surface area contributed by atoms with Gasteiger partial charge in [-0.1, -0.05) is 152 Å². The van der Waals surface area contributed by atoms with Crippen LogP contribution in [0.1, 0.15) is 16.9 Å². The minimum atomic E-state index is 0.710. The first-order valence-corrected chi connectivity index (χ1v) is 22.4. The molecule has 0 fully saturated rings. The summed E-state index contributed by atoms with van der Waals surface area (Å²) in [5.41, 5.74) is 12.7. The second kappa shape index (κ2) is 13.3. The lowest BCUT2D eigenvalue weighted by atomic mass is 9.94. The average Bonchev–Trinajstić information content (AvgIpc) is 4.03. The van der Waals surface area contributed by atoms with E-state index in [0.29, 0.717) is 5.82 Å². The number of nitrogens with zero attached hydrogens (tertiary/aromatic N) is 3. The van der Waals surface area contributed by atoms with Crippen molar-refractivity contribution < 1.29 is 4.42 Å². The lowest BCUT2D eigenvalue weighted by Gasteiger charge is -2.12. The molecule has 9 aromatic carbocycles. The highest BCUT2D eigenvalue weighted by atomic mass is 32.1. The van der Waals surface area contributed by atoms with Crippen molar-refractivity contribution in [3.8, 4) is 39.5 Å². The van der Waals surface area contributed by atoms with Gasteiger partial charge < -0.3 is 8.98 Å². The fraction of sp³-hybridized carbons (Fsp3) is 0.0345. The number of benzene rings is 9. The minimum absolute atomic E-state index is 0.710. The van der Waals surface area contributed by atoms with Gasteiger partial charge >= 0.3 is 0 Å². The summed E-state index contributed by atoms with van der Waals surface area (Å²) in [6.45, 7) is 0. The smallest absolute Gasteiger partial charge is 0.161 e. The molecule has 4 heterocycles. The molecule has 4 nitrogen and oxygen atoms in total. The van der Waals surface area contributed by atoms with Crippen LogP contribution in [0.15, 0.2) is 186 Å². The van der Waals surface area contributed by atoms with E-state index < -0.39 is 0 Å². The second-order valence-electron chi connectivity index (χ2n) is 16.7. The Bertz CT molecular complexity index is 4090. The Morgan fingerprint density at radius 3 is 2.17 bits per heavy atom. The monoisotopic (exact) mass is 821 g/mol. The van der Waals surface area contributed by atoms with Crippen LogP contribution in [-0.2, 0) is 6.42 Å². The first-order chi connectivity index (χ1) is 31.2. The van der Waals surface area contributed by atoms with Gasteiger partial charge in [0.15, 0.2) is 11.4 Å². The normalized spacial score (nSPS) is 12.9. The molecule has 0 N–H and O–H groups in total. The summed E-state index contributed by atoms with van der Waals surface area (Å²) >= 11 is 1.81. The van der Waals surface area contributed by atoms with Gasteiger partial charge in [0.2, 0.25) is 0 Å². The molecule has 0 amide bonds. The number of rotatable bonds is 4. The van der Waals surface area contributed by atoms with Gasteiger partial charge in [-0.05, 0) is 98.3 Å². The van der Waals surface area contributed by atoms with Crippen LogP contribution in [0.4, 0.5) is 0 Å². The van der Waals surface area contributed by atoms with Gasteiger partial charge in [-0.3, -0.25) is 0 Å². The van der Waals surface area contributed by atoms with Gasteiger partial charge in [-0.15, -0.1) is 11.3 Å². The summed E-state index contributed by atoms with van der Waals surface area (Å²) in [6, 6.07) is 63.5. The Morgan fingerprint density at radius 1 is 0.524 bits per heavy atom. The van der Waals surface area contributed by atoms with E-state index in [0.717, 1.165) is 78.5 Å². The first-order valence-electron chi connectivity index (χ1n) is 21.6. The molecule has 294 valence electrons. The maximum absolute atomic E-state index is 7.10. The van der Waals surface area contributed by atoms with Crippen molar-refractivity contribution in [2.75, 3.05) is 0 Å². The molecule has 0 saturated heterocycles. The summed E-state index contributed by atoms with van der Waals surface area (Å²) < 4.78 is 10.7. The number of para-hydroxylation sites is 1. The molecular weight excluding hydrogens is 787 g/mol. The number of thiophene rings is 1. The number of furan rings is 1. The summed E-state index contributed by atoms with van der Waals surface area (Å²) in [5.74, 6) is 0.710. The molecule has 1 aliphatic carbocycles. The quantitative estimate of drug-likeness (QED) is 0.178. The third-order valence-electron chi connectivity index (χ3n) is 13.2. The zero-order chi connectivity index (χ0) is 41.2. The highest BCUT2D eigenvalue weighted by Gasteiger charge is 2.25. The number of aryl methyl sites for hydroxylation is 1. The van der Waals surface area contributed by atoms with Crippen molar-refractivity contribution >= 4 is 104 Å². The van der Waals surface area contributed by atoms with Crippen LogP contribution in [0.3, 0.4) is 0 Å². The third kappa shape index (κ3) is 5.08. The van der Waals surface area contributed by atoms with Gasteiger partial charge in [0.25, 0.3) is 0 Å². The molecule has 14 rings (SSSR count). The maximum atomic E-state index is 7.10. The molecule has 0 aliphatic heterocycles. The molecule has 0 atom stereocenters. The lowest BCUT2D eigenvalue weighted by molar-refractivity contribution is 0.666. The summed E-state index contributed by atoms with van der Waals surface area (Å²) in [7, 11) is 0. The Balaban J connectivity index is 1.06. The van der Waals surface area contributed by atoms with Crippen molar-refractivity contribution in [3.05, 3.63) is 192 Å². The molecule has 1 aliphatic rings. The number of fused-ring (bicyclic) bond motifs is 14. The Labute approximate surface area is 365 Å². The maximum Gasteiger partial charge on any atom is 0.161 e. The second-order valence-corrected chi connectivity index (χ2v) is 17.8. The summed E-state index contributed by atoms with van der Waals surface area (Å²) in [5, 5.41) is 11.9. The highest BCUT2D eigenvalue weighted by Crippen LogP contribution is 2.47. The molecule has 0 saturated carbocycles. The molecule has 63 heavy (non-hydrogen) atoms. The van der Waals surface area contributed by atoms with Gasteiger partial charge in [0, 0.05) is 37.5 Å². The average molecular weight is 822 g/mol.